The van der Waals surface area contributed by atoms with E-state index in [1.54, 1.807) is 36.4 Å². The number of aromatic nitrogens is 3. The largest absolute Gasteiger partial charge is 0.491 e. The Morgan fingerprint density at radius 3 is 2.21 bits per heavy atom. The fourth-order valence-electron chi connectivity index (χ4n) is 5.02. The highest BCUT2D eigenvalue weighted by atomic mass is 19.4. The molecule has 3 heterocycles. The van der Waals surface area contributed by atoms with Gasteiger partial charge >= 0.3 is 24.3 Å². The van der Waals surface area contributed by atoms with Gasteiger partial charge in [-0.05, 0) is 18.9 Å². The van der Waals surface area contributed by atoms with E-state index in [0.717, 1.165) is 6.42 Å². The summed E-state index contributed by atoms with van der Waals surface area (Å²) in [5.41, 5.74) is -1.28. The molecule has 0 saturated heterocycles. The average Bonchev–Trinajstić information content (AvgIpc) is 3.66. The van der Waals surface area contributed by atoms with Crippen LogP contribution in [0.1, 0.15) is 36.5 Å². The quantitative estimate of drug-likeness (QED) is 0.185. The first-order chi connectivity index (χ1) is 22.1. The molecular formula is C29H24F6N4O8. The zero-order valence-corrected chi connectivity index (χ0v) is 23.8. The summed E-state index contributed by atoms with van der Waals surface area (Å²) in [4.78, 5) is 24.6. The summed E-state index contributed by atoms with van der Waals surface area (Å²) >= 11 is 0. The molecule has 1 aliphatic heterocycles. The normalized spacial score (nSPS) is 18.6. The first-order valence-corrected chi connectivity index (χ1v) is 13.8. The number of aliphatic carboxylic acids is 2. The van der Waals surface area contributed by atoms with Crippen LogP contribution < -0.4 is 10.1 Å². The third-order valence-electron chi connectivity index (χ3n) is 7.74. The van der Waals surface area contributed by atoms with Crippen molar-refractivity contribution in [3.8, 4) is 40.0 Å². The van der Waals surface area contributed by atoms with Crippen LogP contribution in [0.2, 0.25) is 0 Å². The molecule has 2 atom stereocenters. The van der Waals surface area contributed by atoms with Crippen LogP contribution >= 0.6 is 0 Å². The lowest BCUT2D eigenvalue weighted by atomic mass is 9.68. The van der Waals surface area contributed by atoms with Crippen LogP contribution in [-0.2, 0) is 15.8 Å². The van der Waals surface area contributed by atoms with Gasteiger partial charge in [-0.1, -0.05) is 59.2 Å². The zero-order valence-electron chi connectivity index (χ0n) is 23.8. The second-order valence-corrected chi connectivity index (χ2v) is 10.8. The summed E-state index contributed by atoms with van der Waals surface area (Å²) < 4.78 is 89.8. The van der Waals surface area contributed by atoms with Crippen molar-refractivity contribution in [1.82, 2.24) is 20.6 Å². The Labute approximate surface area is 259 Å². The minimum absolute atomic E-state index is 0.0182. The maximum Gasteiger partial charge on any atom is 0.490 e. The monoisotopic (exact) mass is 670 g/mol. The SMILES string of the molecule is O=C(O)C(F)(F)F.O=C(O)C1(CN[C@H]2COc3cc(-c4noc(-c5onc(-c6ccccc6)c5C(F)(F)F)n4)ccc3[C@H]2O)CCC1. The number of aliphatic hydroxyl groups excluding tert-OH is 1. The minimum Gasteiger partial charge on any atom is -0.491 e. The maximum absolute atomic E-state index is 14.0. The first-order valence-electron chi connectivity index (χ1n) is 13.8. The fourth-order valence-corrected chi connectivity index (χ4v) is 5.02. The highest BCUT2D eigenvalue weighted by molar-refractivity contribution is 5.76. The Morgan fingerprint density at radius 2 is 1.64 bits per heavy atom. The number of ether oxygens (including phenoxy) is 1. The molecule has 47 heavy (non-hydrogen) atoms. The van der Waals surface area contributed by atoms with Gasteiger partial charge < -0.3 is 34.4 Å². The predicted octanol–water partition coefficient (Wildman–Crippen LogP) is 5.35. The molecule has 0 spiro atoms. The van der Waals surface area contributed by atoms with Gasteiger partial charge in [0.15, 0.2) is 0 Å². The third-order valence-corrected chi connectivity index (χ3v) is 7.74. The second kappa shape index (κ2) is 12.7. The lowest BCUT2D eigenvalue weighted by Gasteiger charge is -2.40. The van der Waals surface area contributed by atoms with Crippen LogP contribution in [0, 0.1) is 5.41 Å². The van der Waals surface area contributed by atoms with Gasteiger partial charge in [0.05, 0.1) is 11.5 Å². The molecule has 2 aliphatic rings. The highest BCUT2D eigenvalue weighted by Crippen LogP contribution is 2.44. The van der Waals surface area contributed by atoms with Gasteiger partial charge in [-0.2, -0.15) is 31.3 Å². The smallest absolute Gasteiger partial charge is 0.490 e. The molecule has 0 amide bonds. The van der Waals surface area contributed by atoms with Crippen molar-refractivity contribution >= 4 is 11.9 Å². The van der Waals surface area contributed by atoms with E-state index in [1.165, 1.54) is 12.1 Å². The van der Waals surface area contributed by atoms with Crippen molar-refractivity contribution in [2.24, 2.45) is 5.41 Å². The van der Waals surface area contributed by atoms with Crippen molar-refractivity contribution in [1.29, 1.82) is 0 Å². The first kappa shape index (κ1) is 33.4. The lowest BCUT2D eigenvalue weighted by Crippen LogP contribution is -2.52. The summed E-state index contributed by atoms with van der Waals surface area (Å²) in [5, 5.41) is 38.1. The van der Waals surface area contributed by atoms with Crippen molar-refractivity contribution in [3.05, 3.63) is 59.7 Å². The van der Waals surface area contributed by atoms with E-state index in [-0.39, 0.29) is 24.5 Å². The van der Waals surface area contributed by atoms with Crippen LogP contribution in [-0.4, -0.2) is 67.9 Å². The number of benzene rings is 2. The van der Waals surface area contributed by atoms with Gasteiger partial charge in [-0.25, -0.2) is 4.79 Å². The van der Waals surface area contributed by atoms with Gasteiger partial charge in [0, 0.05) is 23.2 Å². The fraction of sp³-hybridized carbons (Fsp3) is 0.345. The van der Waals surface area contributed by atoms with Gasteiger partial charge in [0.1, 0.15) is 29.7 Å². The number of nitrogens with one attached hydrogen (secondary N) is 1. The average molecular weight is 671 g/mol. The van der Waals surface area contributed by atoms with E-state index < -0.39 is 64.8 Å². The van der Waals surface area contributed by atoms with E-state index in [0.29, 0.717) is 29.7 Å². The highest BCUT2D eigenvalue weighted by Gasteiger charge is 2.45. The molecule has 1 aliphatic carbocycles. The zero-order chi connectivity index (χ0) is 34.1. The Bertz CT molecular complexity index is 1750. The molecule has 18 heteroatoms. The predicted molar refractivity (Wildman–Crippen MR) is 146 cm³/mol. The molecule has 1 fully saturated rings. The number of rotatable bonds is 7. The summed E-state index contributed by atoms with van der Waals surface area (Å²) in [5.74, 6) is -4.49. The topological polar surface area (TPSA) is 181 Å². The van der Waals surface area contributed by atoms with Crippen molar-refractivity contribution in [2.45, 2.75) is 43.8 Å². The summed E-state index contributed by atoms with van der Waals surface area (Å²) in [6, 6.07) is 12.0. The van der Waals surface area contributed by atoms with Crippen molar-refractivity contribution in [2.75, 3.05) is 13.2 Å². The summed E-state index contributed by atoms with van der Waals surface area (Å²) in [6.45, 7) is 0.306. The number of carboxylic acid groups (broad SMARTS) is 2. The Morgan fingerprint density at radius 1 is 0.957 bits per heavy atom. The van der Waals surface area contributed by atoms with E-state index >= 15 is 0 Å². The molecular weight excluding hydrogens is 646 g/mol. The molecule has 0 radical (unpaired) electrons. The van der Waals surface area contributed by atoms with E-state index in [1.807, 2.05) is 0 Å². The molecule has 250 valence electrons. The minimum atomic E-state index is -5.08. The molecule has 2 aromatic carbocycles. The van der Waals surface area contributed by atoms with Gasteiger partial charge in [-0.15, -0.1) is 0 Å². The Hall–Kier alpha value is -4.97. The van der Waals surface area contributed by atoms with E-state index in [9.17, 15) is 41.4 Å². The van der Waals surface area contributed by atoms with Crippen LogP contribution in [0.5, 0.6) is 5.75 Å². The van der Waals surface area contributed by atoms with Crippen LogP contribution in [0.3, 0.4) is 0 Å². The number of fused-ring (bicyclic) bond motifs is 1. The summed E-state index contributed by atoms with van der Waals surface area (Å²) in [6.07, 6.45) is -8.85. The summed E-state index contributed by atoms with van der Waals surface area (Å²) in [7, 11) is 0. The lowest BCUT2D eigenvalue weighted by molar-refractivity contribution is -0.192. The van der Waals surface area contributed by atoms with Gasteiger partial charge in [-0.3, -0.25) is 4.79 Å². The number of aliphatic hydroxyl groups is 1. The number of carboxylic acids is 2. The van der Waals surface area contributed by atoms with E-state index in [2.05, 4.69) is 20.6 Å². The number of alkyl halides is 6. The van der Waals surface area contributed by atoms with Crippen LogP contribution in [0.25, 0.3) is 34.3 Å². The van der Waals surface area contributed by atoms with Gasteiger partial charge in [0.2, 0.25) is 11.6 Å². The van der Waals surface area contributed by atoms with Gasteiger partial charge in [0.25, 0.3) is 5.89 Å². The molecule has 1 saturated carbocycles. The van der Waals surface area contributed by atoms with Crippen LogP contribution in [0.4, 0.5) is 26.3 Å². The van der Waals surface area contributed by atoms with Crippen LogP contribution in [0.15, 0.2) is 57.6 Å². The number of hydrogen-bond donors (Lipinski definition) is 4. The standard InChI is InChI=1S/C27H23F3N4O6.C2HF3O2/c28-27(29,30)19-20(14-5-2-1-3-6-14)33-39-22(19)24-32-23(34-40-24)15-7-8-16-18(11-15)38-12-17(21(16)35)31-13-26(25(36)37)9-4-10-26;3-2(4,5)1(6)7/h1-3,5-8,11,17,21,31,35H,4,9-10,12-13H2,(H,36,37);(H,6,7)/t17-,21+;/m0./s1. The number of halogens is 6. The number of hydrogen-bond acceptors (Lipinski definition) is 10. The second-order valence-electron chi connectivity index (χ2n) is 10.8. The number of nitrogens with zero attached hydrogens (tertiary/aromatic N) is 3. The molecule has 0 unspecified atom stereocenters. The molecule has 0 bridgehead atoms. The number of carbonyl (C=O) groups is 2. The molecule has 4 N–H and O–H groups in total. The van der Waals surface area contributed by atoms with Crippen molar-refractivity contribution < 1.29 is 65.0 Å². The molecule has 6 rings (SSSR count). The molecule has 2 aromatic heterocycles. The molecule has 12 nitrogen and oxygen atoms in total. The maximum atomic E-state index is 14.0. The Kier molecular flexibility index (Phi) is 9.00. The molecule has 4 aromatic rings. The Balaban J connectivity index is 0.000000559. The van der Waals surface area contributed by atoms with Crippen molar-refractivity contribution in [3.63, 3.8) is 0 Å². The van der Waals surface area contributed by atoms with E-state index in [4.69, 9.17) is 23.7 Å². The third kappa shape index (κ3) is 6.92.